The van der Waals surface area contributed by atoms with Crippen molar-refractivity contribution in [3.05, 3.63) is 54.9 Å². The van der Waals surface area contributed by atoms with Gasteiger partial charge in [-0.1, -0.05) is 12.1 Å². The van der Waals surface area contributed by atoms with Crippen molar-refractivity contribution in [1.29, 1.82) is 0 Å². The van der Waals surface area contributed by atoms with Gasteiger partial charge in [-0.15, -0.1) is 0 Å². The molecule has 0 atom stereocenters. The lowest BCUT2D eigenvalue weighted by atomic mass is 10.2. The van der Waals surface area contributed by atoms with Crippen molar-refractivity contribution >= 4 is 23.2 Å². The van der Waals surface area contributed by atoms with Crippen LogP contribution in [0, 0.1) is 0 Å². The summed E-state index contributed by atoms with van der Waals surface area (Å²) in [7, 11) is 0. The zero-order valence-corrected chi connectivity index (χ0v) is 11.6. The van der Waals surface area contributed by atoms with E-state index in [0.717, 1.165) is 0 Å². The van der Waals surface area contributed by atoms with Crippen molar-refractivity contribution in [3.8, 4) is 0 Å². The molecule has 6 nitrogen and oxygen atoms in total. The van der Waals surface area contributed by atoms with Gasteiger partial charge in [0.1, 0.15) is 0 Å². The first-order valence-electron chi connectivity index (χ1n) is 6.40. The lowest BCUT2D eigenvalue weighted by Crippen LogP contribution is -2.43. The molecule has 2 aromatic rings. The summed E-state index contributed by atoms with van der Waals surface area (Å²) >= 11 is 0. The second-order valence-corrected chi connectivity index (χ2v) is 4.48. The van der Waals surface area contributed by atoms with E-state index in [4.69, 9.17) is 0 Å². The fraction of sp³-hybridized carbons (Fsp3) is 0.133. The van der Waals surface area contributed by atoms with E-state index in [2.05, 4.69) is 5.32 Å². The fourth-order valence-electron chi connectivity index (χ4n) is 1.83. The molecule has 0 saturated heterocycles. The molecule has 6 heteroatoms. The summed E-state index contributed by atoms with van der Waals surface area (Å²) in [5.41, 5.74) is 0.807. The molecule has 0 fully saturated rings. The summed E-state index contributed by atoms with van der Waals surface area (Å²) in [5, 5.41) is 13.1. The standard InChI is InChI=1S/C15H15N3O3/c1-12(19)16-13-6-5-7-14(10-13)18(21)15(20)11-17-8-3-2-4-9-17/h2-10,21H,11H2,1H3/p+1. The molecule has 108 valence electrons. The predicted octanol–water partition coefficient (Wildman–Crippen LogP) is 1.35. The fourth-order valence-corrected chi connectivity index (χ4v) is 1.83. The van der Waals surface area contributed by atoms with Gasteiger partial charge in [-0.2, -0.15) is 9.63 Å². The molecule has 0 aliphatic rings. The smallest absolute Gasteiger partial charge is 0.316 e. The number of aromatic nitrogens is 1. The van der Waals surface area contributed by atoms with Crippen molar-refractivity contribution in [2.24, 2.45) is 0 Å². The zero-order valence-electron chi connectivity index (χ0n) is 11.6. The van der Waals surface area contributed by atoms with Crippen LogP contribution in [0.15, 0.2) is 54.9 Å². The Morgan fingerprint density at radius 1 is 1.19 bits per heavy atom. The lowest BCUT2D eigenvalue weighted by Gasteiger charge is -2.14. The molecule has 2 N–H and O–H groups in total. The zero-order chi connectivity index (χ0) is 15.2. The lowest BCUT2D eigenvalue weighted by molar-refractivity contribution is -0.684. The van der Waals surface area contributed by atoms with E-state index in [1.807, 2.05) is 6.07 Å². The molecule has 1 aromatic carbocycles. The number of anilines is 2. The third kappa shape index (κ3) is 4.12. The third-order valence-corrected chi connectivity index (χ3v) is 2.74. The number of hydrogen-bond donors (Lipinski definition) is 2. The average molecular weight is 286 g/mol. The number of hydrogen-bond acceptors (Lipinski definition) is 3. The maximum absolute atomic E-state index is 12.0. The molecule has 0 spiro atoms. The second-order valence-electron chi connectivity index (χ2n) is 4.48. The summed E-state index contributed by atoms with van der Waals surface area (Å²) in [6.07, 6.45) is 3.47. The van der Waals surface area contributed by atoms with Crippen LogP contribution in [0.3, 0.4) is 0 Å². The van der Waals surface area contributed by atoms with Crippen LogP contribution in [0.2, 0.25) is 0 Å². The van der Waals surface area contributed by atoms with Gasteiger partial charge in [0.15, 0.2) is 12.4 Å². The monoisotopic (exact) mass is 286 g/mol. The topological polar surface area (TPSA) is 73.5 Å². The minimum atomic E-state index is -0.480. The number of carbonyl (C=O) groups excluding carboxylic acids is 2. The molecule has 1 aromatic heterocycles. The van der Waals surface area contributed by atoms with Crippen LogP contribution in [0.1, 0.15) is 6.92 Å². The predicted molar refractivity (Wildman–Crippen MR) is 76.7 cm³/mol. The average Bonchev–Trinajstić information content (AvgIpc) is 2.47. The molecule has 0 bridgehead atoms. The number of carbonyl (C=O) groups is 2. The quantitative estimate of drug-likeness (QED) is 0.506. The van der Waals surface area contributed by atoms with Crippen molar-refractivity contribution in [2.45, 2.75) is 13.5 Å². The second kappa shape index (κ2) is 6.62. The summed E-state index contributed by atoms with van der Waals surface area (Å²) in [4.78, 5) is 23.0. The third-order valence-electron chi connectivity index (χ3n) is 2.74. The van der Waals surface area contributed by atoms with Crippen molar-refractivity contribution in [2.75, 3.05) is 10.4 Å². The molecule has 0 aliphatic carbocycles. The van der Waals surface area contributed by atoms with E-state index in [-0.39, 0.29) is 12.5 Å². The van der Waals surface area contributed by atoms with E-state index in [0.29, 0.717) is 16.4 Å². The first-order valence-corrected chi connectivity index (χ1v) is 6.40. The van der Waals surface area contributed by atoms with Gasteiger partial charge in [-0.05, 0) is 18.2 Å². The Labute approximate surface area is 122 Å². The van der Waals surface area contributed by atoms with Crippen molar-refractivity contribution in [3.63, 3.8) is 0 Å². The highest BCUT2D eigenvalue weighted by molar-refractivity contribution is 5.92. The minimum Gasteiger partial charge on any atom is -0.326 e. The molecule has 1 heterocycles. The largest absolute Gasteiger partial charge is 0.326 e. The van der Waals surface area contributed by atoms with Gasteiger partial charge in [-0.3, -0.25) is 14.8 Å². The first kappa shape index (κ1) is 14.7. The highest BCUT2D eigenvalue weighted by Gasteiger charge is 2.18. The Kier molecular flexibility index (Phi) is 4.63. The summed E-state index contributed by atoms with van der Waals surface area (Å²) < 4.78 is 1.66. The van der Waals surface area contributed by atoms with Crippen molar-refractivity contribution in [1.82, 2.24) is 0 Å². The van der Waals surface area contributed by atoms with Crippen LogP contribution in [-0.2, 0) is 16.1 Å². The molecule has 21 heavy (non-hydrogen) atoms. The molecular weight excluding hydrogens is 270 g/mol. The summed E-state index contributed by atoms with van der Waals surface area (Å²) in [5.74, 6) is -0.700. The van der Waals surface area contributed by atoms with Gasteiger partial charge in [0.05, 0.1) is 5.69 Å². The Balaban J connectivity index is 2.10. The van der Waals surface area contributed by atoms with Gasteiger partial charge in [-0.25, -0.2) is 0 Å². The van der Waals surface area contributed by atoms with E-state index < -0.39 is 5.91 Å². The van der Waals surface area contributed by atoms with E-state index in [1.54, 1.807) is 47.3 Å². The highest BCUT2D eigenvalue weighted by Crippen LogP contribution is 2.18. The van der Waals surface area contributed by atoms with Gasteiger partial charge in [0.25, 0.3) is 0 Å². The number of pyridine rings is 1. The van der Waals surface area contributed by atoms with Crippen LogP contribution >= 0.6 is 0 Å². The number of hydroxylamine groups is 1. The van der Waals surface area contributed by atoms with Gasteiger partial charge < -0.3 is 5.32 Å². The molecule has 0 unspecified atom stereocenters. The Morgan fingerprint density at radius 3 is 2.57 bits per heavy atom. The molecule has 2 rings (SSSR count). The minimum absolute atomic E-state index is 0.0156. The number of nitrogens with one attached hydrogen (secondary N) is 1. The Hall–Kier alpha value is -2.73. The number of benzene rings is 1. The van der Waals surface area contributed by atoms with Crippen LogP contribution in [0.5, 0.6) is 0 Å². The first-order chi connectivity index (χ1) is 10.1. The molecule has 0 saturated carbocycles. The number of rotatable bonds is 4. The number of nitrogens with zero attached hydrogens (tertiary/aromatic N) is 2. The molecular formula is C15H16N3O3+. The Morgan fingerprint density at radius 2 is 1.90 bits per heavy atom. The summed E-state index contributed by atoms with van der Waals surface area (Å²) in [6.45, 7) is 1.41. The molecule has 0 aliphatic heterocycles. The van der Waals surface area contributed by atoms with Crippen molar-refractivity contribution < 1.29 is 19.4 Å². The van der Waals surface area contributed by atoms with Crippen LogP contribution in [0.4, 0.5) is 11.4 Å². The maximum atomic E-state index is 12.0. The molecule has 0 radical (unpaired) electrons. The van der Waals surface area contributed by atoms with E-state index in [1.165, 1.54) is 13.0 Å². The van der Waals surface area contributed by atoms with Gasteiger partial charge >= 0.3 is 5.91 Å². The molecule has 2 amide bonds. The van der Waals surface area contributed by atoms with E-state index >= 15 is 0 Å². The van der Waals surface area contributed by atoms with Crippen LogP contribution < -0.4 is 14.9 Å². The van der Waals surface area contributed by atoms with Crippen LogP contribution in [0.25, 0.3) is 0 Å². The SMILES string of the molecule is CC(=O)Nc1cccc(N(O)C(=O)C[n+]2ccccc2)c1. The normalized spacial score (nSPS) is 10.0. The summed E-state index contributed by atoms with van der Waals surface area (Å²) in [6, 6.07) is 11.9. The van der Waals surface area contributed by atoms with Gasteiger partial charge in [0, 0.05) is 24.7 Å². The maximum Gasteiger partial charge on any atom is 0.316 e. The van der Waals surface area contributed by atoms with Crippen LogP contribution in [-0.4, -0.2) is 17.0 Å². The number of amides is 2. The highest BCUT2D eigenvalue weighted by atomic mass is 16.5. The van der Waals surface area contributed by atoms with E-state index in [9.17, 15) is 14.8 Å². The Bertz CT molecular complexity index is 644. The van der Waals surface area contributed by atoms with Gasteiger partial charge in [0.2, 0.25) is 12.5 Å².